The molecule has 1 spiro atoms. The molecule has 2 fully saturated rings. The molecule has 0 unspecified atom stereocenters. The average molecular weight is 805 g/mol. The Kier molecular flexibility index (Phi) is 17.6. The van der Waals surface area contributed by atoms with Gasteiger partial charge in [0, 0.05) is 42.1 Å². The van der Waals surface area contributed by atoms with Crippen molar-refractivity contribution < 1.29 is 58.9 Å². The van der Waals surface area contributed by atoms with Crippen LogP contribution in [0.25, 0.3) is 0 Å². The van der Waals surface area contributed by atoms with Crippen LogP contribution in [0, 0.1) is 53.3 Å². The number of esters is 1. The number of aliphatic hydroxyl groups excluding tert-OH is 4. The molecule has 0 radical (unpaired) electrons. The molecular formula is C45H72O12. The van der Waals surface area contributed by atoms with Crippen molar-refractivity contribution in [1.82, 2.24) is 0 Å². The Hall–Kier alpha value is -2.58. The number of hydrogen-bond acceptors (Lipinski definition) is 12. The third-order valence-electron chi connectivity index (χ3n) is 13.2. The van der Waals surface area contributed by atoms with Crippen LogP contribution in [0.15, 0.2) is 36.5 Å². The lowest BCUT2D eigenvalue weighted by Gasteiger charge is -2.54. The zero-order valence-electron chi connectivity index (χ0n) is 36.0. The monoisotopic (exact) mass is 805 g/mol. The zero-order valence-corrected chi connectivity index (χ0v) is 36.0. The molecule has 0 amide bonds. The van der Waals surface area contributed by atoms with Crippen LogP contribution in [0.5, 0.6) is 0 Å². The van der Waals surface area contributed by atoms with Gasteiger partial charge in [0.1, 0.15) is 17.5 Å². The van der Waals surface area contributed by atoms with E-state index in [1.54, 1.807) is 27.7 Å². The summed E-state index contributed by atoms with van der Waals surface area (Å²) in [7, 11) is 0. The number of carbonyl (C=O) groups is 4. The first kappa shape index (κ1) is 48.8. The first-order valence-electron chi connectivity index (χ1n) is 21.1. The van der Waals surface area contributed by atoms with Gasteiger partial charge in [-0.3, -0.25) is 14.4 Å². The van der Waals surface area contributed by atoms with Gasteiger partial charge in [0.2, 0.25) is 5.79 Å². The maximum atomic E-state index is 14.0. The molecule has 3 aliphatic heterocycles. The second-order valence-electron chi connectivity index (χ2n) is 17.9. The molecule has 12 nitrogen and oxygen atoms in total. The largest absolute Gasteiger partial charge is 0.458 e. The minimum atomic E-state index is -2.21. The summed E-state index contributed by atoms with van der Waals surface area (Å²) in [6, 6.07) is 0. The van der Waals surface area contributed by atoms with E-state index in [0.717, 1.165) is 6.42 Å². The van der Waals surface area contributed by atoms with Crippen LogP contribution in [0.3, 0.4) is 0 Å². The Morgan fingerprint density at radius 3 is 2.09 bits per heavy atom. The van der Waals surface area contributed by atoms with Crippen molar-refractivity contribution in [2.45, 2.75) is 169 Å². The van der Waals surface area contributed by atoms with Crippen molar-refractivity contribution in [1.29, 1.82) is 0 Å². The van der Waals surface area contributed by atoms with Gasteiger partial charge in [0.25, 0.3) is 0 Å². The van der Waals surface area contributed by atoms with Gasteiger partial charge in [-0.05, 0) is 63.7 Å². The summed E-state index contributed by atoms with van der Waals surface area (Å²) in [5, 5.41) is 55.0. The molecular weight excluding hydrogens is 732 g/mol. The van der Waals surface area contributed by atoms with Crippen molar-refractivity contribution in [3.05, 3.63) is 36.5 Å². The number of ketones is 3. The van der Waals surface area contributed by atoms with Crippen LogP contribution in [0.4, 0.5) is 0 Å². The Bertz CT molecular complexity index is 1470. The summed E-state index contributed by atoms with van der Waals surface area (Å²) in [6.07, 6.45) is 6.53. The number of aliphatic hydroxyl groups is 5. The second kappa shape index (κ2) is 20.6. The second-order valence-corrected chi connectivity index (χ2v) is 17.9. The summed E-state index contributed by atoms with van der Waals surface area (Å²) in [5.74, 6) is -9.55. The molecule has 57 heavy (non-hydrogen) atoms. The topological polar surface area (TPSA) is 197 Å². The van der Waals surface area contributed by atoms with Gasteiger partial charge in [-0.2, -0.15) is 0 Å². The molecule has 0 aromatic rings. The molecule has 3 aliphatic rings. The first-order chi connectivity index (χ1) is 26.5. The van der Waals surface area contributed by atoms with Crippen molar-refractivity contribution in [2.24, 2.45) is 53.3 Å². The fourth-order valence-electron chi connectivity index (χ4n) is 8.91. The van der Waals surface area contributed by atoms with Gasteiger partial charge < -0.3 is 39.7 Å². The molecule has 12 heteroatoms. The van der Waals surface area contributed by atoms with E-state index >= 15 is 0 Å². The van der Waals surface area contributed by atoms with Crippen molar-refractivity contribution >= 4 is 23.3 Å². The van der Waals surface area contributed by atoms with Gasteiger partial charge in [-0.1, -0.05) is 92.7 Å². The van der Waals surface area contributed by atoms with Crippen LogP contribution >= 0.6 is 0 Å². The smallest absolute Gasteiger partial charge is 0.330 e. The molecule has 0 aromatic carbocycles. The van der Waals surface area contributed by atoms with Gasteiger partial charge >= 0.3 is 5.97 Å². The third-order valence-corrected chi connectivity index (χ3v) is 13.2. The number of hydrogen-bond donors (Lipinski definition) is 5. The van der Waals surface area contributed by atoms with Crippen molar-refractivity contribution in [3.63, 3.8) is 0 Å². The van der Waals surface area contributed by atoms with Gasteiger partial charge in [0.15, 0.2) is 11.6 Å². The molecule has 0 aromatic heterocycles. The Morgan fingerprint density at radius 1 is 0.842 bits per heavy atom. The number of ether oxygens (including phenoxy) is 3. The van der Waals surface area contributed by atoms with E-state index in [2.05, 4.69) is 13.0 Å². The summed E-state index contributed by atoms with van der Waals surface area (Å²) < 4.78 is 19.4. The standard InChI is InChI=1S/C45H72O12/c1-12-33-17-15-13-14-16-25(3)42(52)44(11,54)43(53)31(9)40(51)30(8)39(50)29(7)38(49)24(2)18-21-37(48)55-41-28(6)34(20-19-33)56-45(32(41)10)36(47)22-26(4)35(57-45)23-27(5)46/h13-15,17-18,21,24-35,38,40-42,46,49,51-52,54H,12,16,19-20,22-23H2,1-11H3/b14-13+,17-15+,21-18+/t24-,25+,26-,27+,28+,29-,30-,31-,32+,33-,34-,35-,38+,40+,41+,42-,44+,45+/m0/s1. The molecule has 2 saturated heterocycles. The maximum Gasteiger partial charge on any atom is 0.330 e. The van der Waals surface area contributed by atoms with Crippen LogP contribution < -0.4 is 0 Å². The van der Waals surface area contributed by atoms with Gasteiger partial charge in [-0.25, -0.2) is 4.79 Å². The van der Waals surface area contributed by atoms with E-state index in [-0.39, 0.29) is 30.0 Å². The van der Waals surface area contributed by atoms with Crippen molar-refractivity contribution in [2.75, 3.05) is 0 Å². The molecule has 0 saturated carbocycles. The Labute approximate surface area is 340 Å². The lowest BCUT2D eigenvalue weighted by atomic mass is 9.74. The van der Waals surface area contributed by atoms with E-state index in [9.17, 15) is 44.7 Å². The van der Waals surface area contributed by atoms with Crippen LogP contribution in [0.2, 0.25) is 0 Å². The minimum Gasteiger partial charge on any atom is -0.458 e. The Morgan fingerprint density at radius 2 is 1.47 bits per heavy atom. The summed E-state index contributed by atoms with van der Waals surface area (Å²) in [4.78, 5) is 54.5. The Balaban J connectivity index is 2.02. The molecule has 324 valence electrons. The maximum absolute atomic E-state index is 14.0. The molecule has 2 bridgehead atoms. The lowest BCUT2D eigenvalue weighted by Crippen LogP contribution is -2.66. The fourth-order valence-corrected chi connectivity index (χ4v) is 8.91. The highest BCUT2D eigenvalue weighted by atomic mass is 16.7. The predicted octanol–water partition coefficient (Wildman–Crippen LogP) is 5.06. The molecule has 0 aliphatic carbocycles. The lowest BCUT2D eigenvalue weighted by molar-refractivity contribution is -0.344. The van der Waals surface area contributed by atoms with E-state index in [1.807, 2.05) is 32.1 Å². The molecule has 18 atom stereocenters. The highest BCUT2D eigenvalue weighted by Crippen LogP contribution is 2.47. The predicted molar refractivity (Wildman–Crippen MR) is 215 cm³/mol. The zero-order chi connectivity index (χ0) is 43.2. The van der Waals surface area contributed by atoms with Crippen LogP contribution in [0.1, 0.15) is 115 Å². The van der Waals surface area contributed by atoms with E-state index in [1.165, 1.54) is 39.8 Å². The van der Waals surface area contributed by atoms with Crippen LogP contribution in [-0.2, 0) is 33.4 Å². The fraction of sp³-hybridized carbons (Fsp3) is 0.778. The normalized spacial score (nSPS) is 46.2. The third kappa shape index (κ3) is 11.4. The highest BCUT2D eigenvalue weighted by Gasteiger charge is 2.61. The highest BCUT2D eigenvalue weighted by molar-refractivity contribution is 5.91. The van der Waals surface area contributed by atoms with E-state index in [0.29, 0.717) is 25.7 Å². The molecule has 5 N–H and O–H groups in total. The average Bonchev–Trinajstić information content (AvgIpc) is 3.16. The van der Waals surface area contributed by atoms with Crippen LogP contribution in [-0.4, -0.2) is 103 Å². The molecule has 3 rings (SSSR count). The van der Waals surface area contributed by atoms with Gasteiger partial charge in [-0.15, -0.1) is 0 Å². The number of rotatable bonds is 3. The molecule has 3 heterocycles. The number of fused-ring (bicyclic) bond motifs is 2. The van der Waals surface area contributed by atoms with Crippen molar-refractivity contribution in [3.8, 4) is 0 Å². The number of carbonyl (C=O) groups excluding carboxylic acids is 4. The van der Waals surface area contributed by atoms with E-state index in [4.69, 9.17) is 14.2 Å². The summed E-state index contributed by atoms with van der Waals surface area (Å²) >= 11 is 0. The minimum absolute atomic E-state index is 0.132. The number of allylic oxidation sites excluding steroid dienone is 4. The van der Waals surface area contributed by atoms with Gasteiger partial charge in [0.05, 0.1) is 42.5 Å². The summed E-state index contributed by atoms with van der Waals surface area (Å²) in [5.41, 5.74) is -2.21. The SMILES string of the molecule is CC[C@H]1/C=C/C=C/C[C@@H](C)[C@H](O)[C@@](C)(O)C(=O)[C@@H](C)[C@H](O)[C@@H](C)C(=O)[C@@H](C)[C@H](O)[C@@H](C)/C=C/C(=O)O[C@@H]2[C@H](C)[C@H](CC1)O[C@@]1(O[C@@H](C[C@@H](C)O)[C@@H](C)CC1=O)[C@@H]2C. The quantitative estimate of drug-likeness (QED) is 0.238. The first-order valence-corrected chi connectivity index (χ1v) is 21.1. The van der Waals surface area contributed by atoms with E-state index < -0.39 is 107 Å². The number of Topliss-reactive ketones (excluding diaryl/α,β-unsaturated/α-hetero) is 3. The summed E-state index contributed by atoms with van der Waals surface area (Å²) in [6.45, 7) is 18.3.